The molecule has 0 aliphatic rings. The van der Waals surface area contributed by atoms with Gasteiger partial charge in [-0.05, 0) is 36.9 Å². The van der Waals surface area contributed by atoms with Gasteiger partial charge in [0.15, 0.2) is 0 Å². The predicted octanol–water partition coefficient (Wildman–Crippen LogP) is 5.69. The number of hydrogen-bond acceptors (Lipinski definition) is 6. The molecule has 0 saturated heterocycles. The van der Waals surface area contributed by atoms with Gasteiger partial charge in [-0.15, -0.1) is 0 Å². The van der Waals surface area contributed by atoms with Crippen molar-refractivity contribution in [3.8, 4) is 11.6 Å². The number of aromatic nitrogens is 2. The van der Waals surface area contributed by atoms with Gasteiger partial charge >= 0.3 is 11.6 Å². The number of nitrogens with zero attached hydrogens (tertiary/aromatic N) is 3. The number of aryl methyl sites for hydroxylation is 2. The van der Waals surface area contributed by atoms with Gasteiger partial charge in [0.25, 0.3) is 0 Å². The highest BCUT2D eigenvalue weighted by Crippen LogP contribution is 2.37. The molecule has 7 nitrogen and oxygen atoms in total. The van der Waals surface area contributed by atoms with Gasteiger partial charge in [0.05, 0.1) is 4.92 Å². The van der Waals surface area contributed by atoms with E-state index in [0.717, 1.165) is 27.6 Å². The predicted molar refractivity (Wildman–Crippen MR) is 112 cm³/mol. The molecule has 0 atom stereocenters. The highest BCUT2D eigenvalue weighted by atomic mass is 16.6. The third-order valence-electron chi connectivity index (χ3n) is 4.56. The van der Waals surface area contributed by atoms with Crippen LogP contribution in [-0.4, -0.2) is 14.9 Å². The Balaban J connectivity index is 1.76. The molecule has 1 heterocycles. The Morgan fingerprint density at radius 2 is 1.79 bits per heavy atom. The highest BCUT2D eigenvalue weighted by molar-refractivity contribution is 5.88. The van der Waals surface area contributed by atoms with Crippen molar-refractivity contribution in [1.29, 1.82) is 0 Å². The van der Waals surface area contributed by atoms with E-state index < -0.39 is 4.92 Å². The molecule has 0 amide bonds. The van der Waals surface area contributed by atoms with Gasteiger partial charge in [-0.1, -0.05) is 54.1 Å². The molecule has 0 bridgehead atoms. The summed E-state index contributed by atoms with van der Waals surface area (Å²) in [6, 6.07) is 19.0. The van der Waals surface area contributed by atoms with Crippen LogP contribution in [0.1, 0.15) is 11.1 Å². The van der Waals surface area contributed by atoms with Crippen LogP contribution in [0.25, 0.3) is 10.8 Å². The zero-order valence-corrected chi connectivity index (χ0v) is 15.9. The summed E-state index contributed by atoms with van der Waals surface area (Å²) in [6.45, 7) is 3.91. The molecular formula is C22H18N4O3. The van der Waals surface area contributed by atoms with Crippen molar-refractivity contribution < 1.29 is 9.66 Å². The van der Waals surface area contributed by atoms with Crippen molar-refractivity contribution in [3.05, 3.63) is 88.2 Å². The van der Waals surface area contributed by atoms with Crippen molar-refractivity contribution in [2.45, 2.75) is 13.8 Å². The molecule has 4 aromatic rings. The second-order valence-electron chi connectivity index (χ2n) is 6.66. The van der Waals surface area contributed by atoms with Gasteiger partial charge in [0.2, 0.25) is 5.82 Å². The summed E-state index contributed by atoms with van der Waals surface area (Å²) >= 11 is 0. The SMILES string of the molecule is Cc1ccc(Nc2ncnc(Oc3cccc4ccccc34)c2[N+](=O)[O-])c(C)c1. The first-order valence-corrected chi connectivity index (χ1v) is 9.02. The zero-order chi connectivity index (χ0) is 20.4. The van der Waals surface area contributed by atoms with Crippen LogP contribution >= 0.6 is 0 Å². The van der Waals surface area contributed by atoms with E-state index in [1.54, 1.807) is 6.07 Å². The Hall–Kier alpha value is -4.00. The number of ether oxygens (including phenoxy) is 1. The smallest absolute Gasteiger partial charge is 0.373 e. The normalized spacial score (nSPS) is 10.7. The van der Waals surface area contributed by atoms with Crippen LogP contribution in [0.15, 0.2) is 67.0 Å². The number of nitrogens with one attached hydrogen (secondary N) is 1. The summed E-state index contributed by atoms with van der Waals surface area (Å²) in [6.07, 6.45) is 1.25. The van der Waals surface area contributed by atoms with E-state index in [-0.39, 0.29) is 17.4 Å². The minimum Gasteiger partial charge on any atom is -0.433 e. The third-order valence-corrected chi connectivity index (χ3v) is 4.56. The van der Waals surface area contributed by atoms with Crippen LogP contribution in [0, 0.1) is 24.0 Å². The van der Waals surface area contributed by atoms with Gasteiger partial charge in [0, 0.05) is 11.1 Å². The Bertz CT molecular complexity index is 1220. The van der Waals surface area contributed by atoms with Gasteiger partial charge in [-0.25, -0.2) is 4.98 Å². The fourth-order valence-electron chi connectivity index (χ4n) is 3.16. The topological polar surface area (TPSA) is 90.2 Å². The number of benzene rings is 3. The Morgan fingerprint density at radius 3 is 2.59 bits per heavy atom. The molecule has 7 heteroatoms. The van der Waals surface area contributed by atoms with Crippen LogP contribution in [0.2, 0.25) is 0 Å². The quantitative estimate of drug-likeness (QED) is 0.350. The molecule has 0 spiro atoms. The maximum Gasteiger partial charge on any atom is 0.373 e. The highest BCUT2D eigenvalue weighted by Gasteiger charge is 2.26. The maximum absolute atomic E-state index is 11.8. The minimum atomic E-state index is -0.535. The van der Waals surface area contributed by atoms with Crippen LogP contribution in [0.4, 0.5) is 17.2 Å². The summed E-state index contributed by atoms with van der Waals surface area (Å²) < 4.78 is 5.88. The zero-order valence-electron chi connectivity index (χ0n) is 15.9. The molecule has 1 N–H and O–H groups in total. The van der Waals surface area contributed by atoms with Gasteiger partial charge in [-0.3, -0.25) is 10.1 Å². The average Bonchev–Trinajstić information content (AvgIpc) is 2.70. The maximum atomic E-state index is 11.8. The molecule has 0 fully saturated rings. The van der Waals surface area contributed by atoms with E-state index in [2.05, 4.69) is 15.3 Å². The molecule has 29 heavy (non-hydrogen) atoms. The Labute approximate surface area is 167 Å². The number of hydrogen-bond donors (Lipinski definition) is 1. The number of fused-ring (bicyclic) bond motifs is 1. The van der Waals surface area contributed by atoms with Crippen LogP contribution < -0.4 is 10.1 Å². The van der Waals surface area contributed by atoms with Gasteiger partial charge in [-0.2, -0.15) is 4.98 Å². The second-order valence-corrected chi connectivity index (χ2v) is 6.66. The lowest BCUT2D eigenvalue weighted by molar-refractivity contribution is -0.385. The van der Waals surface area contributed by atoms with Crippen molar-refractivity contribution in [1.82, 2.24) is 9.97 Å². The summed E-state index contributed by atoms with van der Waals surface area (Å²) in [5, 5.41) is 16.7. The lowest BCUT2D eigenvalue weighted by Gasteiger charge is -2.12. The van der Waals surface area contributed by atoms with E-state index in [4.69, 9.17) is 4.74 Å². The minimum absolute atomic E-state index is 0.0761. The van der Waals surface area contributed by atoms with Crippen LogP contribution in [0.5, 0.6) is 11.6 Å². The largest absolute Gasteiger partial charge is 0.433 e. The Kier molecular flexibility index (Phi) is 4.78. The summed E-state index contributed by atoms with van der Waals surface area (Å²) in [7, 11) is 0. The monoisotopic (exact) mass is 386 g/mol. The van der Waals surface area contributed by atoms with Crippen molar-refractivity contribution >= 4 is 28.0 Å². The van der Waals surface area contributed by atoms with Crippen molar-refractivity contribution in [3.63, 3.8) is 0 Å². The molecule has 0 aliphatic carbocycles. The number of nitro groups is 1. The summed E-state index contributed by atoms with van der Waals surface area (Å²) in [5.74, 6) is 0.447. The molecular weight excluding hydrogens is 368 g/mol. The molecule has 0 saturated carbocycles. The fourth-order valence-corrected chi connectivity index (χ4v) is 3.16. The summed E-state index contributed by atoms with van der Waals surface area (Å²) in [5.41, 5.74) is 2.47. The first kappa shape index (κ1) is 18.4. The molecule has 1 aromatic heterocycles. The number of rotatable bonds is 5. The van der Waals surface area contributed by atoms with Crippen LogP contribution in [0.3, 0.4) is 0 Å². The molecule has 0 unspecified atom stereocenters. The van der Waals surface area contributed by atoms with Crippen molar-refractivity contribution in [2.24, 2.45) is 0 Å². The van der Waals surface area contributed by atoms with Crippen LogP contribution in [-0.2, 0) is 0 Å². The van der Waals surface area contributed by atoms with Gasteiger partial charge < -0.3 is 10.1 Å². The number of anilines is 2. The first-order valence-electron chi connectivity index (χ1n) is 9.02. The first-order chi connectivity index (χ1) is 14.0. The third kappa shape index (κ3) is 3.70. The molecule has 0 aliphatic heterocycles. The molecule has 3 aromatic carbocycles. The fraction of sp³-hybridized carbons (Fsp3) is 0.0909. The lowest BCUT2D eigenvalue weighted by Crippen LogP contribution is -2.04. The molecule has 0 radical (unpaired) electrons. The van der Waals surface area contributed by atoms with E-state index >= 15 is 0 Å². The van der Waals surface area contributed by atoms with E-state index in [9.17, 15) is 10.1 Å². The summed E-state index contributed by atoms with van der Waals surface area (Å²) in [4.78, 5) is 19.4. The van der Waals surface area contributed by atoms with Crippen molar-refractivity contribution in [2.75, 3.05) is 5.32 Å². The molecule has 4 rings (SSSR count). The molecule has 144 valence electrons. The standard InChI is InChI=1S/C22H18N4O3/c1-14-10-11-18(15(2)12-14)25-21-20(26(27)28)22(24-13-23-21)29-19-9-5-7-16-6-3-4-8-17(16)19/h3-13H,1-2H3,(H,23,24,25). The second kappa shape index (κ2) is 7.55. The van der Waals surface area contributed by atoms with Gasteiger partial charge in [0.1, 0.15) is 12.1 Å². The van der Waals surface area contributed by atoms with E-state index in [0.29, 0.717) is 5.75 Å². The lowest BCUT2D eigenvalue weighted by atomic mass is 10.1. The Morgan fingerprint density at radius 1 is 1.00 bits per heavy atom. The van der Waals surface area contributed by atoms with E-state index in [1.807, 2.05) is 68.4 Å². The van der Waals surface area contributed by atoms with E-state index in [1.165, 1.54) is 6.33 Å². The average molecular weight is 386 g/mol.